The predicted octanol–water partition coefficient (Wildman–Crippen LogP) is 8.21. The number of rotatable bonds is 8. The number of nitrogens with zero attached hydrogens (tertiary/aromatic N) is 2. The highest BCUT2D eigenvalue weighted by Crippen LogP contribution is 2.36. The van der Waals surface area contributed by atoms with E-state index in [2.05, 4.69) is 112 Å². The number of hydrogen-bond donors (Lipinski definition) is 2. The summed E-state index contributed by atoms with van der Waals surface area (Å²) >= 11 is 0. The van der Waals surface area contributed by atoms with Crippen molar-refractivity contribution >= 4 is 34.4 Å². The highest BCUT2D eigenvalue weighted by atomic mass is 15.1. The Hall–Kier alpha value is -3.66. The minimum Gasteiger partial charge on any atom is -0.369 e. The van der Waals surface area contributed by atoms with Crippen LogP contribution in [0.15, 0.2) is 60.7 Å². The molecule has 0 amide bonds. The van der Waals surface area contributed by atoms with E-state index in [0.29, 0.717) is 5.95 Å². The predicted molar refractivity (Wildman–Crippen MR) is 147 cm³/mol. The van der Waals surface area contributed by atoms with Gasteiger partial charge in [-0.05, 0) is 74.6 Å². The second-order valence-corrected chi connectivity index (χ2v) is 8.90. The van der Waals surface area contributed by atoms with E-state index in [4.69, 9.17) is 9.97 Å². The molecule has 4 rings (SSSR count). The SMILES string of the molecule is C/C=C/c1cc(C)c(-c2cccc3c(NCCCC)nc(Nc4ccc(C)cc4)nc23)c(C)c1. The van der Waals surface area contributed by atoms with E-state index in [-0.39, 0.29) is 0 Å². The molecule has 0 aliphatic rings. The van der Waals surface area contributed by atoms with Crippen LogP contribution in [0.1, 0.15) is 48.9 Å². The van der Waals surface area contributed by atoms with Crippen LogP contribution in [0.5, 0.6) is 0 Å². The number of hydrogen-bond acceptors (Lipinski definition) is 4. The first-order valence-electron chi connectivity index (χ1n) is 12.1. The van der Waals surface area contributed by atoms with Gasteiger partial charge in [-0.1, -0.05) is 67.5 Å². The summed E-state index contributed by atoms with van der Waals surface area (Å²) in [5.74, 6) is 1.47. The van der Waals surface area contributed by atoms with Gasteiger partial charge in [0.2, 0.25) is 5.95 Å². The number of nitrogens with one attached hydrogen (secondary N) is 2. The molecule has 4 aromatic rings. The second kappa shape index (κ2) is 10.5. The molecule has 0 aliphatic heterocycles. The molecule has 0 saturated heterocycles. The molecule has 0 atom stereocenters. The summed E-state index contributed by atoms with van der Waals surface area (Å²) in [6.45, 7) is 11.6. The van der Waals surface area contributed by atoms with Gasteiger partial charge in [0.25, 0.3) is 0 Å². The molecule has 4 nitrogen and oxygen atoms in total. The molecule has 0 fully saturated rings. The monoisotopic (exact) mass is 450 g/mol. The summed E-state index contributed by atoms with van der Waals surface area (Å²) in [5.41, 5.74) is 9.23. The summed E-state index contributed by atoms with van der Waals surface area (Å²) in [7, 11) is 0. The van der Waals surface area contributed by atoms with Crippen LogP contribution < -0.4 is 10.6 Å². The normalized spacial score (nSPS) is 11.3. The van der Waals surface area contributed by atoms with Crippen molar-refractivity contribution in [3.63, 3.8) is 0 Å². The maximum atomic E-state index is 5.02. The Bertz CT molecular complexity index is 1300. The smallest absolute Gasteiger partial charge is 0.229 e. The third kappa shape index (κ3) is 5.12. The van der Waals surface area contributed by atoms with Gasteiger partial charge >= 0.3 is 0 Å². The lowest BCUT2D eigenvalue weighted by molar-refractivity contribution is 0.832. The van der Waals surface area contributed by atoms with Gasteiger partial charge < -0.3 is 10.6 Å². The van der Waals surface area contributed by atoms with E-state index in [1.165, 1.54) is 27.8 Å². The Kier molecular flexibility index (Phi) is 7.27. The summed E-state index contributed by atoms with van der Waals surface area (Å²) in [4.78, 5) is 9.89. The molecule has 0 bridgehead atoms. The molecule has 1 aromatic heterocycles. The molecule has 4 heteroatoms. The summed E-state index contributed by atoms with van der Waals surface area (Å²) in [5, 5.41) is 8.01. The Morgan fingerprint density at radius 1 is 0.912 bits per heavy atom. The zero-order chi connectivity index (χ0) is 24.1. The van der Waals surface area contributed by atoms with Crippen molar-refractivity contribution in [3.8, 4) is 11.1 Å². The standard InChI is InChI=1S/C30H34N4/c1-6-8-17-31-29-26-12-9-11-25(27-21(4)18-23(10-7-2)19-22(27)5)28(26)33-30(34-29)32-24-15-13-20(3)14-16-24/h7,9-16,18-19H,6,8,17H2,1-5H3,(H2,31,32,33,34)/b10-7+. The largest absolute Gasteiger partial charge is 0.369 e. The molecule has 0 aliphatic carbocycles. The fraction of sp³-hybridized carbons (Fsp3) is 0.267. The fourth-order valence-electron chi connectivity index (χ4n) is 4.40. The van der Waals surface area contributed by atoms with Crippen LogP contribution in [-0.2, 0) is 0 Å². The summed E-state index contributed by atoms with van der Waals surface area (Å²) < 4.78 is 0. The highest BCUT2D eigenvalue weighted by Gasteiger charge is 2.16. The van der Waals surface area contributed by atoms with Gasteiger partial charge in [0.05, 0.1) is 5.52 Å². The second-order valence-electron chi connectivity index (χ2n) is 8.90. The average molecular weight is 451 g/mol. The minimum atomic E-state index is 0.601. The lowest BCUT2D eigenvalue weighted by Gasteiger charge is -2.17. The maximum Gasteiger partial charge on any atom is 0.229 e. The molecule has 0 saturated carbocycles. The molecule has 174 valence electrons. The molecule has 0 radical (unpaired) electrons. The van der Waals surface area contributed by atoms with Gasteiger partial charge in [0, 0.05) is 23.2 Å². The number of para-hydroxylation sites is 1. The zero-order valence-corrected chi connectivity index (χ0v) is 20.9. The number of benzene rings is 3. The Morgan fingerprint density at radius 2 is 1.65 bits per heavy atom. The van der Waals surface area contributed by atoms with Crippen molar-refractivity contribution in [1.82, 2.24) is 9.97 Å². The number of aromatic nitrogens is 2. The Balaban J connectivity index is 1.88. The van der Waals surface area contributed by atoms with Crippen molar-refractivity contribution in [2.75, 3.05) is 17.2 Å². The van der Waals surface area contributed by atoms with E-state index >= 15 is 0 Å². The van der Waals surface area contributed by atoms with Crippen LogP contribution in [0.3, 0.4) is 0 Å². The van der Waals surface area contributed by atoms with Crippen molar-refractivity contribution in [2.45, 2.75) is 47.5 Å². The topological polar surface area (TPSA) is 49.8 Å². The molecule has 3 aromatic carbocycles. The van der Waals surface area contributed by atoms with E-state index in [9.17, 15) is 0 Å². The van der Waals surface area contributed by atoms with Gasteiger partial charge in [0.15, 0.2) is 0 Å². The van der Waals surface area contributed by atoms with Crippen LogP contribution >= 0.6 is 0 Å². The molecular formula is C30H34N4. The summed E-state index contributed by atoms with van der Waals surface area (Å²) in [6, 6.07) is 19.2. The first-order chi connectivity index (χ1) is 16.5. The van der Waals surface area contributed by atoms with Crippen LogP contribution in [0.4, 0.5) is 17.5 Å². The maximum absolute atomic E-state index is 5.02. The number of fused-ring (bicyclic) bond motifs is 1. The van der Waals surface area contributed by atoms with Gasteiger partial charge in [-0.15, -0.1) is 0 Å². The molecule has 1 heterocycles. The first-order valence-corrected chi connectivity index (χ1v) is 12.1. The fourth-order valence-corrected chi connectivity index (χ4v) is 4.40. The van der Waals surface area contributed by atoms with Crippen molar-refractivity contribution in [3.05, 3.63) is 82.9 Å². The van der Waals surface area contributed by atoms with Crippen molar-refractivity contribution in [1.29, 1.82) is 0 Å². The van der Waals surface area contributed by atoms with Crippen molar-refractivity contribution < 1.29 is 0 Å². The van der Waals surface area contributed by atoms with E-state index in [0.717, 1.165) is 47.4 Å². The van der Waals surface area contributed by atoms with E-state index in [1.54, 1.807) is 0 Å². The zero-order valence-electron chi connectivity index (χ0n) is 20.9. The van der Waals surface area contributed by atoms with Gasteiger partial charge in [-0.3, -0.25) is 0 Å². The number of allylic oxidation sites excluding steroid dienone is 1. The number of aryl methyl sites for hydroxylation is 3. The third-order valence-corrected chi connectivity index (χ3v) is 6.04. The number of anilines is 3. The third-order valence-electron chi connectivity index (χ3n) is 6.04. The molecular weight excluding hydrogens is 416 g/mol. The summed E-state index contributed by atoms with van der Waals surface area (Å²) in [6.07, 6.45) is 6.45. The Labute approximate surface area is 203 Å². The minimum absolute atomic E-state index is 0.601. The quantitative estimate of drug-likeness (QED) is 0.266. The van der Waals surface area contributed by atoms with Gasteiger partial charge in [0.1, 0.15) is 5.82 Å². The highest BCUT2D eigenvalue weighted by molar-refractivity contribution is 6.01. The molecule has 0 spiro atoms. The van der Waals surface area contributed by atoms with Crippen LogP contribution in [0, 0.1) is 20.8 Å². The van der Waals surface area contributed by atoms with Crippen LogP contribution in [0.25, 0.3) is 28.1 Å². The van der Waals surface area contributed by atoms with E-state index in [1.807, 2.05) is 0 Å². The average Bonchev–Trinajstić information content (AvgIpc) is 2.81. The van der Waals surface area contributed by atoms with Crippen LogP contribution in [-0.4, -0.2) is 16.5 Å². The first kappa shape index (κ1) is 23.5. The molecule has 2 N–H and O–H groups in total. The van der Waals surface area contributed by atoms with Gasteiger partial charge in [-0.2, -0.15) is 4.98 Å². The number of unbranched alkanes of at least 4 members (excludes halogenated alkanes) is 1. The van der Waals surface area contributed by atoms with Crippen molar-refractivity contribution in [2.24, 2.45) is 0 Å². The van der Waals surface area contributed by atoms with E-state index < -0.39 is 0 Å². The Morgan fingerprint density at radius 3 is 2.32 bits per heavy atom. The lowest BCUT2D eigenvalue weighted by Crippen LogP contribution is -2.07. The van der Waals surface area contributed by atoms with Gasteiger partial charge in [-0.25, -0.2) is 4.98 Å². The molecule has 34 heavy (non-hydrogen) atoms. The molecule has 0 unspecified atom stereocenters. The lowest BCUT2D eigenvalue weighted by atomic mass is 9.92. The van der Waals surface area contributed by atoms with Crippen LogP contribution in [0.2, 0.25) is 0 Å².